The maximum absolute atomic E-state index is 12.6. The van der Waals surface area contributed by atoms with Gasteiger partial charge in [-0.2, -0.15) is 0 Å². The van der Waals surface area contributed by atoms with E-state index in [1.54, 1.807) is 19.2 Å². The lowest BCUT2D eigenvalue weighted by Gasteiger charge is -2.17. The zero-order valence-corrected chi connectivity index (χ0v) is 16.7. The molecule has 6 heteroatoms. The molecule has 140 valence electrons. The van der Waals surface area contributed by atoms with Gasteiger partial charge in [0.25, 0.3) is 0 Å². The number of methoxy groups -OCH3 is 1. The Bertz CT molecular complexity index is 797. The molecule has 0 amide bonds. The van der Waals surface area contributed by atoms with E-state index in [0.29, 0.717) is 17.7 Å². The van der Waals surface area contributed by atoms with Crippen molar-refractivity contribution < 1.29 is 19.1 Å². The van der Waals surface area contributed by atoms with Crippen LogP contribution in [0.4, 0.5) is 0 Å². The van der Waals surface area contributed by atoms with Crippen molar-refractivity contribution in [2.75, 3.05) is 26.6 Å². The van der Waals surface area contributed by atoms with Gasteiger partial charge in [0.15, 0.2) is 6.61 Å². The lowest BCUT2D eigenvalue weighted by Crippen LogP contribution is -2.17. The number of hydrogen-bond acceptors (Lipinski definition) is 5. The summed E-state index contributed by atoms with van der Waals surface area (Å²) in [4.78, 5) is 25.7. The zero-order valence-electron chi connectivity index (χ0n) is 15.9. The summed E-state index contributed by atoms with van der Waals surface area (Å²) in [6.45, 7) is 6.18. The van der Waals surface area contributed by atoms with Gasteiger partial charge in [-0.05, 0) is 45.2 Å². The van der Waals surface area contributed by atoms with Crippen molar-refractivity contribution in [2.24, 2.45) is 0 Å². The maximum Gasteiger partial charge on any atom is 0.339 e. The van der Waals surface area contributed by atoms with E-state index < -0.39 is 5.97 Å². The predicted molar refractivity (Wildman–Crippen MR) is 103 cm³/mol. The minimum Gasteiger partial charge on any atom is -0.454 e. The van der Waals surface area contributed by atoms with Crippen molar-refractivity contribution in [3.05, 3.63) is 52.8 Å². The number of aryl methyl sites for hydroxylation is 1. The lowest BCUT2D eigenvalue weighted by molar-refractivity contribution is 0.0471. The number of benzene rings is 1. The van der Waals surface area contributed by atoms with Crippen LogP contribution in [0.1, 0.15) is 45.1 Å². The van der Waals surface area contributed by atoms with Crippen LogP contribution < -0.4 is 0 Å². The number of Topliss-reactive ketones (excluding diaryl/α,β-unsaturated/α-hetero) is 1. The molecule has 0 spiro atoms. The topological polar surface area (TPSA) is 57.5 Å². The summed E-state index contributed by atoms with van der Waals surface area (Å²) in [6.07, 6.45) is 1.90. The number of rotatable bonds is 8. The van der Waals surface area contributed by atoms with Crippen molar-refractivity contribution in [2.45, 2.75) is 31.7 Å². The quantitative estimate of drug-likeness (QED) is 0.395. The van der Waals surface area contributed by atoms with E-state index in [9.17, 15) is 9.59 Å². The number of carbonyl (C=O) groups is 2. The van der Waals surface area contributed by atoms with Gasteiger partial charge in [0.05, 0.1) is 18.2 Å². The number of nitrogens with zero attached hydrogens (tertiary/aromatic N) is 1. The lowest BCUT2D eigenvalue weighted by atomic mass is 10.1. The first kappa shape index (κ1) is 20.3. The molecule has 2 rings (SSSR count). The number of thioether (sulfide) groups is 1. The van der Waals surface area contributed by atoms with Gasteiger partial charge in [-0.15, -0.1) is 11.8 Å². The highest BCUT2D eigenvalue weighted by atomic mass is 32.2. The molecule has 1 atom stereocenters. The molecule has 0 aliphatic heterocycles. The van der Waals surface area contributed by atoms with Crippen LogP contribution in [-0.2, 0) is 9.47 Å². The van der Waals surface area contributed by atoms with Gasteiger partial charge < -0.3 is 14.0 Å². The summed E-state index contributed by atoms with van der Waals surface area (Å²) in [7, 11) is 1.66. The molecular formula is C20H25NO4S. The second kappa shape index (κ2) is 9.05. The molecule has 0 radical (unpaired) electrons. The van der Waals surface area contributed by atoms with Crippen LogP contribution >= 0.6 is 11.8 Å². The zero-order chi connectivity index (χ0) is 19.3. The monoisotopic (exact) mass is 375 g/mol. The fourth-order valence-corrected chi connectivity index (χ4v) is 3.74. The highest BCUT2D eigenvalue weighted by Gasteiger charge is 2.20. The summed E-state index contributed by atoms with van der Waals surface area (Å²) in [6, 6.07) is 9.17. The van der Waals surface area contributed by atoms with Crippen LogP contribution in [0.5, 0.6) is 0 Å². The number of ether oxygens (including phenoxy) is 2. The highest BCUT2D eigenvalue weighted by molar-refractivity contribution is 7.98. The highest BCUT2D eigenvalue weighted by Crippen LogP contribution is 2.23. The standard InChI is InChI=1S/C20H25NO4S/c1-13-10-17(15(3)21(13)14(2)11-24-4)18(22)12-25-20(23)16-8-6-7-9-19(16)26-5/h6-10,14H,11-12H2,1-5H3/t14-/m0/s1. The summed E-state index contributed by atoms with van der Waals surface area (Å²) < 4.78 is 12.5. The van der Waals surface area contributed by atoms with Gasteiger partial charge in [-0.25, -0.2) is 4.79 Å². The Hall–Kier alpha value is -2.05. The van der Waals surface area contributed by atoms with Crippen LogP contribution in [0.15, 0.2) is 35.2 Å². The molecule has 1 aromatic heterocycles. The Morgan fingerprint density at radius 3 is 2.54 bits per heavy atom. The minimum atomic E-state index is -0.482. The SMILES string of the molecule is COC[C@H](C)n1c(C)cc(C(=O)COC(=O)c2ccccc2SC)c1C. The Morgan fingerprint density at radius 1 is 1.19 bits per heavy atom. The predicted octanol–water partition coefficient (Wildman–Crippen LogP) is 4.07. The smallest absolute Gasteiger partial charge is 0.339 e. The summed E-state index contributed by atoms with van der Waals surface area (Å²) in [5, 5.41) is 0. The van der Waals surface area contributed by atoms with E-state index >= 15 is 0 Å². The molecule has 0 aliphatic carbocycles. The fraction of sp³-hybridized carbons (Fsp3) is 0.400. The van der Waals surface area contributed by atoms with Crippen LogP contribution in [0.2, 0.25) is 0 Å². The molecule has 0 N–H and O–H groups in total. The van der Waals surface area contributed by atoms with Crippen LogP contribution in [0, 0.1) is 13.8 Å². The fourth-order valence-electron chi connectivity index (χ4n) is 3.15. The Balaban J connectivity index is 2.11. The first-order valence-electron chi connectivity index (χ1n) is 8.41. The van der Waals surface area contributed by atoms with Gasteiger partial charge in [0.1, 0.15) is 0 Å². The third kappa shape index (κ3) is 4.37. The summed E-state index contributed by atoms with van der Waals surface area (Å²) in [5.74, 6) is -0.686. The number of esters is 1. The second-order valence-electron chi connectivity index (χ2n) is 6.16. The maximum atomic E-state index is 12.6. The number of carbonyl (C=O) groups excluding carboxylic acids is 2. The number of aromatic nitrogens is 1. The van der Waals surface area contributed by atoms with Crippen molar-refractivity contribution in [1.29, 1.82) is 0 Å². The molecule has 5 nitrogen and oxygen atoms in total. The van der Waals surface area contributed by atoms with Gasteiger partial charge in [0, 0.05) is 29.0 Å². The van der Waals surface area contributed by atoms with E-state index in [2.05, 4.69) is 4.57 Å². The van der Waals surface area contributed by atoms with E-state index in [1.165, 1.54) is 11.8 Å². The molecule has 0 fully saturated rings. The molecule has 26 heavy (non-hydrogen) atoms. The number of hydrogen-bond donors (Lipinski definition) is 0. The van der Waals surface area contributed by atoms with Crippen LogP contribution in [0.25, 0.3) is 0 Å². The van der Waals surface area contributed by atoms with Gasteiger partial charge >= 0.3 is 5.97 Å². The average Bonchev–Trinajstić information content (AvgIpc) is 2.93. The molecule has 0 aliphatic rings. The van der Waals surface area contributed by atoms with Crippen molar-refractivity contribution in [3.8, 4) is 0 Å². The van der Waals surface area contributed by atoms with Gasteiger partial charge in [-0.3, -0.25) is 4.79 Å². The van der Waals surface area contributed by atoms with E-state index in [0.717, 1.165) is 16.3 Å². The number of ketones is 1. The average molecular weight is 375 g/mol. The van der Waals surface area contributed by atoms with Crippen molar-refractivity contribution in [3.63, 3.8) is 0 Å². The largest absolute Gasteiger partial charge is 0.454 e. The molecule has 1 heterocycles. The van der Waals surface area contributed by atoms with Crippen LogP contribution in [0.3, 0.4) is 0 Å². The summed E-state index contributed by atoms with van der Waals surface area (Å²) in [5.41, 5.74) is 2.90. The van der Waals surface area contributed by atoms with Crippen molar-refractivity contribution >= 4 is 23.5 Å². The molecule has 0 saturated heterocycles. The van der Waals surface area contributed by atoms with E-state index in [-0.39, 0.29) is 18.4 Å². The van der Waals surface area contributed by atoms with Gasteiger partial charge in [0.2, 0.25) is 5.78 Å². The van der Waals surface area contributed by atoms with Gasteiger partial charge in [-0.1, -0.05) is 12.1 Å². The third-order valence-electron chi connectivity index (χ3n) is 4.29. The Kier molecular flexibility index (Phi) is 7.06. The molecule has 0 saturated carbocycles. The first-order valence-corrected chi connectivity index (χ1v) is 9.63. The summed E-state index contributed by atoms with van der Waals surface area (Å²) >= 11 is 1.47. The molecule has 0 bridgehead atoms. The Labute approximate surface area is 158 Å². The normalized spacial score (nSPS) is 12.0. The first-order chi connectivity index (χ1) is 12.4. The molecule has 2 aromatic rings. The minimum absolute atomic E-state index is 0.123. The second-order valence-corrected chi connectivity index (χ2v) is 7.01. The van der Waals surface area contributed by atoms with Crippen LogP contribution in [-0.4, -0.2) is 42.9 Å². The third-order valence-corrected chi connectivity index (χ3v) is 5.09. The molecular weight excluding hydrogens is 350 g/mol. The van der Waals surface area contributed by atoms with Crippen molar-refractivity contribution in [1.82, 2.24) is 4.57 Å². The van der Waals surface area contributed by atoms with E-state index in [4.69, 9.17) is 9.47 Å². The molecule has 0 unspecified atom stereocenters. The van der Waals surface area contributed by atoms with E-state index in [1.807, 2.05) is 45.2 Å². The Morgan fingerprint density at radius 2 is 1.88 bits per heavy atom. The molecule has 1 aromatic carbocycles.